The number of hydrogen-bond donors (Lipinski definition) is 3. The first-order valence-electron chi connectivity index (χ1n) is 16.1. The summed E-state index contributed by atoms with van der Waals surface area (Å²) < 4.78 is 33.8. The van der Waals surface area contributed by atoms with Gasteiger partial charge < -0.3 is 25.2 Å². The summed E-state index contributed by atoms with van der Waals surface area (Å²) in [5, 5.41) is 14.2. The molecule has 0 spiro atoms. The first-order chi connectivity index (χ1) is 21.9. The van der Waals surface area contributed by atoms with Crippen LogP contribution in [0.4, 0.5) is 26.0 Å². The van der Waals surface area contributed by atoms with Crippen molar-refractivity contribution >= 4 is 73.2 Å². The van der Waals surface area contributed by atoms with Gasteiger partial charge in [-0.1, -0.05) is 16.9 Å². The molecule has 15 heteroatoms. The molecule has 3 heterocycles. The highest BCUT2D eigenvalue weighted by molar-refractivity contribution is 6.59. The van der Waals surface area contributed by atoms with E-state index in [0.29, 0.717) is 35.5 Å². The molecule has 8 nitrogen and oxygen atoms in total. The van der Waals surface area contributed by atoms with Crippen LogP contribution >= 0.6 is 0 Å². The van der Waals surface area contributed by atoms with Gasteiger partial charge in [-0.05, 0) is 66.1 Å². The molecule has 234 valence electrons. The van der Waals surface area contributed by atoms with E-state index in [0.717, 1.165) is 67.5 Å². The Morgan fingerprint density at radius 1 is 0.891 bits per heavy atom. The second-order valence-corrected chi connectivity index (χ2v) is 14.0. The number of H-pyrrole nitrogens is 1. The Labute approximate surface area is 273 Å². The third-order valence-electron chi connectivity index (χ3n) is 9.52. The van der Waals surface area contributed by atoms with Gasteiger partial charge in [-0.3, -0.25) is 9.89 Å². The van der Waals surface area contributed by atoms with E-state index in [1.54, 1.807) is 0 Å². The first kappa shape index (κ1) is 32.3. The molecule has 2 aliphatic heterocycles. The van der Waals surface area contributed by atoms with Crippen LogP contribution < -0.4 is 15.5 Å². The number of amides is 1. The van der Waals surface area contributed by atoms with E-state index < -0.39 is 16.8 Å². The van der Waals surface area contributed by atoms with Crippen LogP contribution in [0.25, 0.3) is 10.9 Å². The number of anilines is 3. The molecule has 0 bridgehead atoms. The molecule has 3 N–H and O–H groups in total. The normalized spacial score (nSPS) is 16.9. The molecular formula is C31H39B5F2N6O2. The van der Waals surface area contributed by atoms with Gasteiger partial charge in [-0.15, -0.1) is 0 Å². The van der Waals surface area contributed by atoms with Crippen molar-refractivity contribution < 1.29 is 18.3 Å². The highest BCUT2D eigenvalue weighted by atomic mass is 19.1. The lowest BCUT2D eigenvalue weighted by Crippen LogP contribution is -2.58. The summed E-state index contributed by atoms with van der Waals surface area (Å²) in [7, 11) is 10.6. The molecule has 2 aliphatic rings. The molecule has 4 aromatic rings. The quantitative estimate of drug-likeness (QED) is 0.237. The summed E-state index contributed by atoms with van der Waals surface area (Å²) >= 11 is 0. The maximum Gasteiger partial charge on any atom is 0.258 e. The van der Waals surface area contributed by atoms with Gasteiger partial charge in [0, 0.05) is 68.3 Å². The monoisotopic (exact) mass is 620 g/mol. The fourth-order valence-corrected chi connectivity index (χ4v) is 6.50. The minimum absolute atomic E-state index is 0.133. The van der Waals surface area contributed by atoms with Crippen molar-refractivity contribution in [1.29, 1.82) is 0 Å². The van der Waals surface area contributed by atoms with Gasteiger partial charge in [-0.2, -0.15) is 5.10 Å². The summed E-state index contributed by atoms with van der Waals surface area (Å²) in [6, 6.07) is 15.5. The Kier molecular flexibility index (Phi) is 9.00. The molecule has 0 unspecified atom stereocenters. The van der Waals surface area contributed by atoms with E-state index in [9.17, 15) is 13.6 Å². The van der Waals surface area contributed by atoms with Crippen LogP contribution in [0, 0.1) is 11.6 Å². The molecule has 3 aromatic carbocycles. The number of fused-ring (bicyclic) bond motifs is 1. The molecular weight excluding hydrogens is 580 g/mol. The van der Waals surface area contributed by atoms with E-state index >= 15 is 0 Å². The van der Waals surface area contributed by atoms with Crippen molar-refractivity contribution in [2.45, 2.75) is 29.3 Å². The van der Waals surface area contributed by atoms with Crippen LogP contribution in [-0.2, 0) is 9.95 Å². The Morgan fingerprint density at radius 2 is 1.59 bits per heavy atom. The summed E-state index contributed by atoms with van der Waals surface area (Å²) in [4.78, 5) is 18.8. The minimum atomic E-state index is -0.704. The zero-order chi connectivity index (χ0) is 32.6. The fourth-order valence-electron chi connectivity index (χ4n) is 6.50. The number of hydrogen-bond acceptors (Lipinski definition) is 6. The van der Waals surface area contributed by atoms with Crippen molar-refractivity contribution in [2.75, 3.05) is 54.9 Å². The Hall–Kier alpha value is -3.70. The first-order valence-corrected chi connectivity index (χ1v) is 16.1. The highest BCUT2D eigenvalue weighted by Crippen LogP contribution is 2.33. The van der Waals surface area contributed by atoms with Crippen LogP contribution in [-0.4, -0.2) is 111 Å². The number of nitrogens with zero attached hydrogens (tertiary/aromatic N) is 3. The van der Waals surface area contributed by atoms with Crippen molar-refractivity contribution in [1.82, 2.24) is 15.1 Å². The van der Waals surface area contributed by atoms with E-state index in [2.05, 4.69) is 60.2 Å². The number of nitrogens with one attached hydrogen (secondary N) is 3. The number of halogens is 2. The van der Waals surface area contributed by atoms with E-state index in [1.165, 1.54) is 12.1 Å². The third-order valence-corrected chi connectivity index (χ3v) is 9.52. The predicted octanol–water partition coefficient (Wildman–Crippen LogP) is -0.216. The van der Waals surface area contributed by atoms with Crippen LogP contribution in [0.2, 0.25) is 0 Å². The second kappa shape index (κ2) is 12.8. The Morgan fingerprint density at radius 3 is 2.26 bits per heavy atom. The molecule has 0 radical (unpaired) electrons. The van der Waals surface area contributed by atoms with E-state index in [1.807, 2.05) is 46.0 Å². The third kappa shape index (κ3) is 6.86. The average molecular weight is 620 g/mol. The van der Waals surface area contributed by atoms with Crippen LogP contribution in [0.3, 0.4) is 0 Å². The standard InChI is InChI=1S/C31H39B5F2N6O2/c32-30(33,19-13-20(37)16-21(38)14-19)18-1-4-26-25(15-18)28(42-41-26)40-29(45)24-3-2-23(17-27(24)39-22-5-11-46-12-6-22)43-7-9-44(10-8-43)31(34,35)36/h1-4,13-17,22,39H,5-12,32-36H2,(H2,40,41,42,45). The number of carbonyl (C=O) groups excluding carboxylic acids is 1. The summed E-state index contributed by atoms with van der Waals surface area (Å²) in [6.07, 6.45) is 1.74. The van der Waals surface area contributed by atoms with Crippen molar-refractivity contribution in [3.8, 4) is 0 Å². The van der Waals surface area contributed by atoms with Gasteiger partial charge >= 0.3 is 0 Å². The lowest BCUT2D eigenvalue weighted by molar-refractivity contribution is 0.0904. The molecule has 0 atom stereocenters. The minimum Gasteiger partial charge on any atom is -0.381 e. The smallest absolute Gasteiger partial charge is 0.258 e. The summed E-state index contributed by atoms with van der Waals surface area (Å²) in [5.74, 6) is -1.13. The number of carbonyl (C=O) groups is 1. The molecule has 2 saturated heterocycles. The van der Waals surface area contributed by atoms with Crippen molar-refractivity contribution in [3.63, 3.8) is 0 Å². The van der Waals surface area contributed by atoms with Gasteiger partial charge in [0.1, 0.15) is 50.9 Å². The van der Waals surface area contributed by atoms with Crippen molar-refractivity contribution in [3.05, 3.63) is 82.9 Å². The average Bonchev–Trinajstić information content (AvgIpc) is 3.42. The highest BCUT2D eigenvalue weighted by Gasteiger charge is 2.28. The fraction of sp³-hybridized carbons (Fsp3) is 0.355. The van der Waals surface area contributed by atoms with Gasteiger partial charge in [-0.25, -0.2) is 8.78 Å². The van der Waals surface area contributed by atoms with Gasteiger partial charge in [0.15, 0.2) is 5.82 Å². The number of piperazine rings is 1. The summed E-state index contributed by atoms with van der Waals surface area (Å²) in [6.45, 7) is 5.17. The molecule has 0 aliphatic carbocycles. The number of rotatable bonds is 8. The SMILES string of the molecule is BC(B)(c1cc(F)cc(F)c1)c1ccc2[nH]nc(NC(=O)c3ccc(N4CCN(C(B)(B)B)CC4)cc3NC3CCOCC3)c2c1. The van der Waals surface area contributed by atoms with E-state index in [4.69, 9.17) is 4.74 Å². The maximum absolute atomic E-state index is 14.1. The second-order valence-electron chi connectivity index (χ2n) is 14.0. The van der Waals surface area contributed by atoms with Crippen molar-refractivity contribution in [2.24, 2.45) is 0 Å². The lowest BCUT2D eigenvalue weighted by atomic mass is 9.48. The largest absolute Gasteiger partial charge is 0.381 e. The molecule has 1 amide bonds. The molecule has 46 heavy (non-hydrogen) atoms. The van der Waals surface area contributed by atoms with Gasteiger partial charge in [0.25, 0.3) is 5.91 Å². The van der Waals surface area contributed by atoms with Crippen LogP contribution in [0.15, 0.2) is 54.6 Å². The van der Waals surface area contributed by atoms with Crippen LogP contribution in [0.1, 0.15) is 34.3 Å². The number of ether oxygens (including phenoxy) is 1. The Balaban J connectivity index is 1.27. The number of benzene rings is 3. The number of aromatic nitrogens is 2. The van der Waals surface area contributed by atoms with Crippen LogP contribution in [0.5, 0.6) is 0 Å². The zero-order valence-corrected chi connectivity index (χ0v) is 27.3. The van der Waals surface area contributed by atoms with Gasteiger partial charge in [0.05, 0.1) is 11.1 Å². The lowest BCUT2D eigenvalue weighted by Gasteiger charge is -2.43. The molecule has 6 rings (SSSR count). The molecule has 1 aromatic heterocycles. The number of aromatic amines is 1. The topological polar surface area (TPSA) is 85.5 Å². The molecule has 0 saturated carbocycles. The van der Waals surface area contributed by atoms with Gasteiger partial charge in [0.2, 0.25) is 0 Å². The maximum atomic E-state index is 14.1. The Bertz CT molecular complexity index is 1720. The zero-order valence-electron chi connectivity index (χ0n) is 27.3. The predicted molar refractivity (Wildman–Crippen MR) is 194 cm³/mol. The summed E-state index contributed by atoms with van der Waals surface area (Å²) in [5.41, 5.74) is 4.50. The molecule has 2 fully saturated rings. The van der Waals surface area contributed by atoms with E-state index in [-0.39, 0.29) is 17.2 Å².